The number of benzene rings is 2. The number of hydrogen-bond acceptors (Lipinski definition) is 2. The van der Waals surface area contributed by atoms with Gasteiger partial charge in [0.05, 0.1) is 17.9 Å². The summed E-state index contributed by atoms with van der Waals surface area (Å²) in [5.74, 6) is -0.571. The molecule has 2 N–H and O–H groups in total. The molecule has 0 aliphatic carbocycles. The molecular weight excluding hydrogens is 355 g/mol. The maximum Gasteiger partial charge on any atom is 0.268 e. The molecule has 0 aliphatic heterocycles. The number of nitrogens with zero attached hydrogens (tertiary/aromatic N) is 2. The largest absolute Gasteiger partial charge is 0.351 e. The molecule has 5 nitrogen and oxygen atoms in total. The first kappa shape index (κ1) is 18.0. The van der Waals surface area contributed by atoms with Gasteiger partial charge in [-0.15, -0.1) is 0 Å². The summed E-state index contributed by atoms with van der Waals surface area (Å²) in [5, 5.41) is 8.17. The molecular formula is C22H21FN4O. The fraction of sp³-hybridized carbons (Fsp3) is 0.182. The molecule has 1 amide bonds. The molecule has 0 unspecified atom stereocenters. The van der Waals surface area contributed by atoms with Crippen LogP contribution < -0.4 is 5.32 Å². The van der Waals surface area contributed by atoms with Crippen LogP contribution in [-0.4, -0.2) is 20.7 Å². The smallest absolute Gasteiger partial charge is 0.268 e. The monoisotopic (exact) mass is 376 g/mol. The molecule has 2 heterocycles. The van der Waals surface area contributed by atoms with Crippen LogP contribution in [0.1, 0.15) is 40.3 Å². The van der Waals surface area contributed by atoms with E-state index in [1.165, 1.54) is 12.1 Å². The number of para-hydroxylation sites is 1. The van der Waals surface area contributed by atoms with Gasteiger partial charge in [-0.25, -0.2) is 9.07 Å². The van der Waals surface area contributed by atoms with Crippen LogP contribution in [0.3, 0.4) is 0 Å². The van der Waals surface area contributed by atoms with Gasteiger partial charge >= 0.3 is 0 Å². The summed E-state index contributed by atoms with van der Waals surface area (Å²) in [5.41, 5.74) is 5.18. The lowest BCUT2D eigenvalue weighted by Gasteiger charge is -2.14. The Labute approximate surface area is 162 Å². The average molecular weight is 376 g/mol. The van der Waals surface area contributed by atoms with Crippen molar-refractivity contribution in [1.29, 1.82) is 0 Å². The molecule has 6 heteroatoms. The van der Waals surface area contributed by atoms with Crippen molar-refractivity contribution in [2.75, 3.05) is 0 Å². The molecule has 0 saturated heterocycles. The van der Waals surface area contributed by atoms with E-state index in [0.717, 1.165) is 28.0 Å². The summed E-state index contributed by atoms with van der Waals surface area (Å²) in [7, 11) is 0. The lowest BCUT2D eigenvalue weighted by Crippen LogP contribution is -2.27. The van der Waals surface area contributed by atoms with E-state index in [1.807, 2.05) is 49.7 Å². The maximum atomic E-state index is 13.4. The van der Waals surface area contributed by atoms with Crippen molar-refractivity contribution in [3.63, 3.8) is 0 Å². The number of aryl methyl sites for hydroxylation is 1. The summed E-state index contributed by atoms with van der Waals surface area (Å²) in [6.45, 7) is 5.95. The Morgan fingerprint density at radius 1 is 1.18 bits per heavy atom. The minimum atomic E-state index is -0.328. The first-order chi connectivity index (χ1) is 13.4. The lowest BCUT2D eigenvalue weighted by molar-refractivity contribution is 0.0935. The zero-order valence-electron chi connectivity index (χ0n) is 16.0. The zero-order chi connectivity index (χ0) is 19.8. The molecule has 0 spiro atoms. The minimum absolute atomic E-state index is 0.228. The van der Waals surface area contributed by atoms with Crippen LogP contribution in [0.2, 0.25) is 0 Å². The van der Waals surface area contributed by atoms with Gasteiger partial charge < -0.3 is 10.3 Å². The van der Waals surface area contributed by atoms with E-state index < -0.39 is 0 Å². The van der Waals surface area contributed by atoms with Crippen molar-refractivity contribution >= 4 is 16.8 Å². The minimum Gasteiger partial charge on any atom is -0.351 e. The predicted octanol–water partition coefficient (Wildman–Crippen LogP) is 4.60. The number of aromatic amines is 1. The summed E-state index contributed by atoms with van der Waals surface area (Å²) in [4.78, 5) is 15.7. The number of amides is 1. The van der Waals surface area contributed by atoms with Gasteiger partial charge in [0.2, 0.25) is 0 Å². The normalized spacial score (nSPS) is 12.3. The van der Waals surface area contributed by atoms with Crippen molar-refractivity contribution in [2.45, 2.75) is 26.8 Å². The molecule has 0 fully saturated rings. The van der Waals surface area contributed by atoms with Gasteiger partial charge in [-0.1, -0.05) is 18.2 Å². The molecule has 0 radical (unpaired) electrons. The molecule has 28 heavy (non-hydrogen) atoms. The second-order valence-corrected chi connectivity index (χ2v) is 6.99. The van der Waals surface area contributed by atoms with Gasteiger partial charge in [0.1, 0.15) is 11.5 Å². The Morgan fingerprint density at radius 3 is 2.75 bits per heavy atom. The molecule has 0 bridgehead atoms. The Bertz CT molecular complexity index is 1170. The summed E-state index contributed by atoms with van der Waals surface area (Å²) >= 11 is 0. The fourth-order valence-corrected chi connectivity index (χ4v) is 3.47. The van der Waals surface area contributed by atoms with E-state index in [4.69, 9.17) is 0 Å². The lowest BCUT2D eigenvalue weighted by atomic mass is 10.1. The van der Waals surface area contributed by atoms with Crippen LogP contribution in [-0.2, 0) is 0 Å². The third kappa shape index (κ3) is 3.17. The molecule has 142 valence electrons. The molecule has 2 aromatic carbocycles. The number of hydrogen-bond donors (Lipinski definition) is 2. The predicted molar refractivity (Wildman–Crippen MR) is 107 cm³/mol. The first-order valence-electron chi connectivity index (χ1n) is 9.13. The number of fused-ring (bicyclic) bond motifs is 1. The molecule has 2 aromatic heterocycles. The summed E-state index contributed by atoms with van der Waals surface area (Å²) in [6.07, 6.45) is 1.79. The molecule has 1 atom stereocenters. The van der Waals surface area contributed by atoms with Gasteiger partial charge in [0, 0.05) is 22.2 Å². The van der Waals surface area contributed by atoms with E-state index in [-0.39, 0.29) is 17.8 Å². The van der Waals surface area contributed by atoms with Crippen LogP contribution in [0.4, 0.5) is 4.39 Å². The van der Waals surface area contributed by atoms with Crippen molar-refractivity contribution < 1.29 is 9.18 Å². The van der Waals surface area contributed by atoms with Crippen molar-refractivity contribution in [1.82, 2.24) is 20.1 Å². The standard InChI is InChI=1S/C22H21FN4O/c1-13-6-4-5-7-21(13)27-15(3)18(12-24-27)14(2)25-22(28)20-11-16-10-17(23)8-9-19(16)26-20/h4-12,14,26H,1-3H3,(H,25,28)/t14-/m1/s1. The van der Waals surface area contributed by atoms with E-state index in [0.29, 0.717) is 11.1 Å². The van der Waals surface area contributed by atoms with Gasteiger partial charge in [0.25, 0.3) is 5.91 Å². The zero-order valence-corrected chi connectivity index (χ0v) is 16.0. The van der Waals surface area contributed by atoms with E-state index >= 15 is 0 Å². The number of carbonyl (C=O) groups is 1. The van der Waals surface area contributed by atoms with Crippen molar-refractivity contribution in [3.8, 4) is 5.69 Å². The van der Waals surface area contributed by atoms with Crippen molar-refractivity contribution in [3.05, 3.63) is 83.1 Å². The molecule has 4 aromatic rings. The quantitative estimate of drug-likeness (QED) is 0.547. The van der Waals surface area contributed by atoms with E-state index in [9.17, 15) is 9.18 Å². The van der Waals surface area contributed by atoms with Crippen molar-refractivity contribution in [2.24, 2.45) is 0 Å². The number of rotatable bonds is 4. The molecule has 4 rings (SSSR count). The highest BCUT2D eigenvalue weighted by Gasteiger charge is 2.18. The Hall–Kier alpha value is -3.41. The fourth-order valence-electron chi connectivity index (χ4n) is 3.47. The van der Waals surface area contributed by atoms with Crippen LogP contribution in [0.25, 0.3) is 16.6 Å². The second-order valence-electron chi connectivity index (χ2n) is 6.99. The van der Waals surface area contributed by atoms with Crippen LogP contribution in [0, 0.1) is 19.7 Å². The second kappa shape index (κ2) is 6.96. The number of halogens is 1. The highest BCUT2D eigenvalue weighted by Crippen LogP contribution is 2.23. The molecule has 0 aliphatic rings. The average Bonchev–Trinajstić information content (AvgIpc) is 3.25. The third-order valence-corrected chi connectivity index (χ3v) is 5.03. The highest BCUT2D eigenvalue weighted by atomic mass is 19.1. The summed E-state index contributed by atoms with van der Waals surface area (Å²) < 4.78 is 15.3. The van der Waals surface area contributed by atoms with Crippen LogP contribution in [0.15, 0.2) is 54.7 Å². The summed E-state index contributed by atoms with van der Waals surface area (Å²) in [6, 6.07) is 13.9. The first-order valence-corrected chi connectivity index (χ1v) is 9.13. The van der Waals surface area contributed by atoms with Crippen LogP contribution in [0.5, 0.6) is 0 Å². The Balaban J connectivity index is 1.57. The van der Waals surface area contributed by atoms with Gasteiger partial charge in [-0.2, -0.15) is 5.10 Å². The highest BCUT2D eigenvalue weighted by molar-refractivity contribution is 5.98. The number of nitrogens with one attached hydrogen (secondary N) is 2. The Kier molecular flexibility index (Phi) is 4.47. The van der Waals surface area contributed by atoms with Crippen LogP contribution >= 0.6 is 0 Å². The van der Waals surface area contributed by atoms with Gasteiger partial charge in [-0.05, 0) is 56.7 Å². The van der Waals surface area contributed by atoms with Gasteiger partial charge in [-0.3, -0.25) is 4.79 Å². The number of H-pyrrole nitrogens is 1. The third-order valence-electron chi connectivity index (χ3n) is 5.03. The SMILES string of the molecule is Cc1ccccc1-n1ncc([C@@H](C)NC(=O)c2cc3cc(F)ccc3[nH]2)c1C. The number of carbonyl (C=O) groups excluding carboxylic acids is 1. The van der Waals surface area contributed by atoms with Gasteiger partial charge in [0.15, 0.2) is 0 Å². The molecule has 0 saturated carbocycles. The Morgan fingerprint density at radius 2 is 1.96 bits per heavy atom. The topological polar surface area (TPSA) is 62.7 Å². The van der Waals surface area contributed by atoms with E-state index in [1.54, 1.807) is 18.3 Å². The van der Waals surface area contributed by atoms with E-state index in [2.05, 4.69) is 15.4 Å². The maximum absolute atomic E-state index is 13.4. The number of aromatic nitrogens is 3.